The van der Waals surface area contributed by atoms with E-state index < -0.39 is 15.1 Å². The second-order valence-electron chi connectivity index (χ2n) is 7.74. The molecule has 1 heterocycles. The van der Waals surface area contributed by atoms with Crippen LogP contribution in [0.5, 0.6) is 0 Å². The minimum Gasteiger partial charge on any atom is -0.326 e. The van der Waals surface area contributed by atoms with Crippen molar-refractivity contribution in [2.75, 3.05) is 18.4 Å². The number of sulfone groups is 1. The lowest BCUT2D eigenvalue weighted by molar-refractivity contribution is -0.128. The molecular weight excluding hydrogens is 336 g/mol. The summed E-state index contributed by atoms with van der Waals surface area (Å²) in [5, 5.41) is 6.04. The zero-order valence-electron chi connectivity index (χ0n) is 15.0. The van der Waals surface area contributed by atoms with Crippen LogP contribution in [0.2, 0.25) is 0 Å². The van der Waals surface area contributed by atoms with Gasteiger partial charge >= 0.3 is 0 Å². The van der Waals surface area contributed by atoms with Gasteiger partial charge in [0.05, 0.1) is 16.4 Å². The largest absolute Gasteiger partial charge is 0.326 e. The van der Waals surface area contributed by atoms with Crippen LogP contribution in [0.15, 0.2) is 24.3 Å². The Morgan fingerprint density at radius 3 is 2.92 bits per heavy atom. The second kappa shape index (κ2) is 7.08. The van der Waals surface area contributed by atoms with Gasteiger partial charge in [0.2, 0.25) is 5.91 Å². The van der Waals surface area contributed by atoms with Crippen LogP contribution in [0.4, 0.5) is 5.69 Å². The Labute approximate surface area is 150 Å². The third kappa shape index (κ3) is 3.75. The molecule has 2 fully saturated rings. The van der Waals surface area contributed by atoms with Gasteiger partial charge in [0, 0.05) is 12.2 Å². The molecule has 1 aliphatic carbocycles. The first kappa shape index (κ1) is 18.4. The van der Waals surface area contributed by atoms with E-state index in [1.807, 2.05) is 12.1 Å². The molecule has 1 aliphatic heterocycles. The molecule has 2 atom stereocenters. The number of carbonyl (C=O) groups excluding carboxylic acids is 1. The van der Waals surface area contributed by atoms with Crippen LogP contribution in [0, 0.1) is 11.3 Å². The van der Waals surface area contributed by atoms with Crippen LogP contribution in [0.3, 0.4) is 0 Å². The molecule has 0 bridgehead atoms. The summed E-state index contributed by atoms with van der Waals surface area (Å²) >= 11 is 0. The van der Waals surface area contributed by atoms with Crippen LogP contribution >= 0.6 is 0 Å². The highest BCUT2D eigenvalue weighted by Crippen LogP contribution is 2.44. The molecule has 1 amide bonds. The molecule has 1 aromatic carbocycles. The fraction of sp³-hybridized carbons (Fsp3) is 0.632. The SMILES string of the molecule is CC(C)S(=O)(=O)Cc1cccc(NC(=O)[C@@]23CCCC[C@H]2CNC3)c1. The predicted molar refractivity (Wildman–Crippen MR) is 100 cm³/mol. The molecule has 1 saturated heterocycles. The van der Waals surface area contributed by atoms with E-state index in [2.05, 4.69) is 10.6 Å². The average Bonchev–Trinajstić information content (AvgIpc) is 3.00. The van der Waals surface area contributed by atoms with E-state index in [0.29, 0.717) is 17.2 Å². The van der Waals surface area contributed by atoms with Gasteiger partial charge < -0.3 is 10.6 Å². The van der Waals surface area contributed by atoms with E-state index in [0.717, 1.165) is 32.4 Å². The van der Waals surface area contributed by atoms with Crippen LogP contribution in [-0.2, 0) is 20.4 Å². The summed E-state index contributed by atoms with van der Waals surface area (Å²) < 4.78 is 24.3. The maximum atomic E-state index is 13.0. The number of anilines is 1. The zero-order valence-corrected chi connectivity index (χ0v) is 15.9. The number of nitrogens with one attached hydrogen (secondary N) is 2. The summed E-state index contributed by atoms with van der Waals surface area (Å²) in [6.45, 7) is 5.04. The van der Waals surface area contributed by atoms with Crippen molar-refractivity contribution in [1.82, 2.24) is 5.32 Å². The lowest BCUT2D eigenvalue weighted by atomic mass is 9.67. The normalized spacial score (nSPS) is 26.4. The zero-order chi connectivity index (χ0) is 18.1. The van der Waals surface area contributed by atoms with Gasteiger partial charge in [-0.3, -0.25) is 4.79 Å². The van der Waals surface area contributed by atoms with Crippen molar-refractivity contribution in [3.8, 4) is 0 Å². The Morgan fingerprint density at radius 2 is 2.16 bits per heavy atom. The van der Waals surface area contributed by atoms with Gasteiger partial charge in [-0.1, -0.05) is 25.0 Å². The molecule has 1 saturated carbocycles. The first-order valence-corrected chi connectivity index (χ1v) is 10.9. The first-order chi connectivity index (χ1) is 11.8. The summed E-state index contributed by atoms with van der Waals surface area (Å²) in [7, 11) is -3.16. The highest BCUT2D eigenvalue weighted by molar-refractivity contribution is 7.91. The number of hydrogen-bond donors (Lipinski definition) is 2. The van der Waals surface area contributed by atoms with Gasteiger partial charge in [0.25, 0.3) is 0 Å². The Kier molecular flexibility index (Phi) is 5.21. The Hall–Kier alpha value is -1.40. The highest BCUT2D eigenvalue weighted by Gasteiger charge is 2.49. The average molecular weight is 365 g/mol. The van der Waals surface area contributed by atoms with Crippen molar-refractivity contribution in [1.29, 1.82) is 0 Å². The van der Waals surface area contributed by atoms with Crippen molar-refractivity contribution in [3.63, 3.8) is 0 Å². The fourth-order valence-corrected chi connectivity index (χ4v) is 5.06. The van der Waals surface area contributed by atoms with Crippen LogP contribution in [0.25, 0.3) is 0 Å². The van der Waals surface area contributed by atoms with E-state index in [9.17, 15) is 13.2 Å². The third-order valence-corrected chi connectivity index (χ3v) is 7.93. The van der Waals surface area contributed by atoms with E-state index in [4.69, 9.17) is 0 Å². The first-order valence-electron chi connectivity index (χ1n) is 9.16. The smallest absolute Gasteiger partial charge is 0.232 e. The van der Waals surface area contributed by atoms with Crippen molar-refractivity contribution < 1.29 is 13.2 Å². The predicted octanol–water partition coefficient (Wildman–Crippen LogP) is 2.73. The molecular formula is C19H28N2O3S. The van der Waals surface area contributed by atoms with Gasteiger partial charge in [-0.05, 0) is 56.8 Å². The van der Waals surface area contributed by atoms with Gasteiger partial charge in [0.15, 0.2) is 9.84 Å². The van der Waals surface area contributed by atoms with Crippen molar-refractivity contribution >= 4 is 21.4 Å². The van der Waals surface area contributed by atoms with Crippen molar-refractivity contribution in [2.45, 2.75) is 50.5 Å². The Bertz CT molecular complexity index is 745. The minimum atomic E-state index is -3.16. The fourth-order valence-electron chi connectivity index (χ4n) is 4.08. The number of benzene rings is 1. The van der Waals surface area contributed by atoms with E-state index >= 15 is 0 Å². The molecule has 5 nitrogen and oxygen atoms in total. The summed E-state index contributed by atoms with van der Waals surface area (Å²) in [6.07, 6.45) is 4.33. The van der Waals surface area contributed by atoms with Gasteiger partial charge in [-0.2, -0.15) is 0 Å². The van der Waals surface area contributed by atoms with E-state index in [1.165, 1.54) is 6.42 Å². The summed E-state index contributed by atoms with van der Waals surface area (Å²) in [5.41, 5.74) is 1.10. The lowest BCUT2D eigenvalue weighted by Gasteiger charge is -2.37. The van der Waals surface area contributed by atoms with E-state index in [-0.39, 0.29) is 17.1 Å². The molecule has 2 aliphatic rings. The quantitative estimate of drug-likeness (QED) is 0.842. The van der Waals surface area contributed by atoms with Gasteiger partial charge in [0.1, 0.15) is 0 Å². The van der Waals surface area contributed by atoms with Crippen molar-refractivity contribution in [3.05, 3.63) is 29.8 Å². The molecule has 0 radical (unpaired) electrons. The second-order valence-corrected chi connectivity index (χ2v) is 10.3. The maximum absolute atomic E-state index is 13.0. The van der Waals surface area contributed by atoms with Crippen molar-refractivity contribution in [2.24, 2.45) is 11.3 Å². The van der Waals surface area contributed by atoms with Crippen LogP contribution in [0.1, 0.15) is 45.1 Å². The van der Waals surface area contributed by atoms with Gasteiger partial charge in [-0.25, -0.2) is 8.42 Å². The van der Waals surface area contributed by atoms with Gasteiger partial charge in [-0.15, -0.1) is 0 Å². The molecule has 25 heavy (non-hydrogen) atoms. The molecule has 2 N–H and O–H groups in total. The number of amides is 1. The number of carbonyl (C=O) groups is 1. The third-order valence-electron chi connectivity index (χ3n) is 5.76. The molecule has 6 heteroatoms. The monoisotopic (exact) mass is 364 g/mol. The number of fused-ring (bicyclic) bond motifs is 1. The lowest BCUT2D eigenvalue weighted by Crippen LogP contribution is -2.44. The maximum Gasteiger partial charge on any atom is 0.232 e. The minimum absolute atomic E-state index is 0.00367. The van der Waals surface area contributed by atoms with E-state index in [1.54, 1.807) is 26.0 Å². The van der Waals surface area contributed by atoms with Crippen LogP contribution in [-0.4, -0.2) is 32.7 Å². The topological polar surface area (TPSA) is 75.3 Å². The summed E-state index contributed by atoms with van der Waals surface area (Å²) in [6, 6.07) is 7.23. The Balaban J connectivity index is 1.75. The summed E-state index contributed by atoms with van der Waals surface area (Å²) in [4.78, 5) is 13.0. The molecule has 0 aromatic heterocycles. The standard InChI is InChI=1S/C19H28N2O3S/c1-14(2)25(23,24)12-15-6-5-8-17(10-15)21-18(22)19-9-4-3-7-16(19)11-20-13-19/h5-6,8,10,14,16,20H,3-4,7,9,11-13H2,1-2H3,(H,21,22)/t16-,19+/m0/s1. The molecule has 138 valence electrons. The molecule has 0 spiro atoms. The molecule has 3 rings (SSSR count). The molecule has 0 unspecified atom stereocenters. The van der Waals surface area contributed by atoms with Crippen LogP contribution < -0.4 is 10.6 Å². The Morgan fingerprint density at radius 1 is 1.36 bits per heavy atom. The number of rotatable bonds is 5. The molecule has 1 aromatic rings. The number of hydrogen-bond acceptors (Lipinski definition) is 4. The summed E-state index contributed by atoms with van der Waals surface area (Å²) in [5.74, 6) is 0.487. The highest BCUT2D eigenvalue weighted by atomic mass is 32.2.